The lowest BCUT2D eigenvalue weighted by atomic mass is 10.0. The van der Waals surface area contributed by atoms with Crippen LogP contribution in [0.15, 0.2) is 0 Å². The monoisotopic (exact) mass is 178 g/mol. The molecular formula is C7H14O3S. The second kappa shape index (κ2) is 3.11. The second-order valence-electron chi connectivity index (χ2n) is 3.08. The molecule has 0 amide bonds. The third-order valence-electron chi connectivity index (χ3n) is 2.15. The van der Waals surface area contributed by atoms with E-state index in [1.54, 1.807) is 0 Å². The van der Waals surface area contributed by atoms with E-state index in [1.807, 2.05) is 6.92 Å². The molecule has 0 N–H and O–H groups in total. The van der Waals surface area contributed by atoms with Gasteiger partial charge in [0, 0.05) is 0 Å². The molecule has 1 heterocycles. The number of hydrogen-bond acceptors (Lipinski definition) is 3. The van der Waals surface area contributed by atoms with Gasteiger partial charge in [0.15, 0.2) is 0 Å². The van der Waals surface area contributed by atoms with Crippen LogP contribution in [0.25, 0.3) is 0 Å². The van der Waals surface area contributed by atoms with Crippen molar-refractivity contribution in [2.45, 2.75) is 31.9 Å². The van der Waals surface area contributed by atoms with Crippen LogP contribution in [0.5, 0.6) is 0 Å². The molecule has 4 heteroatoms. The molecule has 0 radical (unpaired) electrons. The Labute approximate surface area is 67.9 Å². The zero-order chi connectivity index (χ0) is 8.48. The van der Waals surface area contributed by atoms with Crippen LogP contribution in [0, 0.1) is 5.92 Å². The Bertz CT molecular complexity index is 220. The maximum Gasteiger partial charge on any atom is 0.272 e. The van der Waals surface area contributed by atoms with Crippen LogP contribution in [0.2, 0.25) is 0 Å². The van der Waals surface area contributed by atoms with Gasteiger partial charge in [-0.1, -0.05) is 20.3 Å². The largest absolute Gasteiger partial charge is 0.272 e. The molecule has 2 unspecified atom stereocenters. The second-order valence-corrected chi connectivity index (χ2v) is 4.91. The molecule has 0 spiro atoms. The fraction of sp³-hybridized carbons (Fsp3) is 1.00. The molecule has 0 aromatic heterocycles. The summed E-state index contributed by atoms with van der Waals surface area (Å²) in [5, 5.41) is -0.234. The van der Waals surface area contributed by atoms with Crippen molar-refractivity contribution in [2.24, 2.45) is 5.92 Å². The average Bonchev–Trinajstić information content (AvgIpc) is 1.86. The highest BCUT2D eigenvalue weighted by molar-refractivity contribution is 7.88. The van der Waals surface area contributed by atoms with Crippen LogP contribution in [0.1, 0.15) is 26.7 Å². The predicted molar refractivity (Wildman–Crippen MR) is 42.7 cm³/mol. The Kier molecular flexibility index (Phi) is 2.54. The Morgan fingerprint density at radius 1 is 1.64 bits per heavy atom. The van der Waals surface area contributed by atoms with E-state index >= 15 is 0 Å². The van der Waals surface area contributed by atoms with E-state index in [9.17, 15) is 8.42 Å². The summed E-state index contributed by atoms with van der Waals surface area (Å²) in [6.45, 7) is 4.42. The summed E-state index contributed by atoms with van der Waals surface area (Å²) in [6, 6.07) is 0. The topological polar surface area (TPSA) is 43.4 Å². The first-order valence-corrected chi connectivity index (χ1v) is 5.43. The minimum Gasteiger partial charge on any atom is -0.268 e. The van der Waals surface area contributed by atoms with Gasteiger partial charge in [0.05, 0.1) is 6.61 Å². The van der Waals surface area contributed by atoms with Crippen molar-refractivity contribution in [1.29, 1.82) is 0 Å². The molecule has 0 aromatic rings. The SMILES string of the molecule is CCCC(C)C1COS1(=O)=O. The lowest BCUT2D eigenvalue weighted by molar-refractivity contribution is 0.210. The molecule has 1 aliphatic rings. The van der Waals surface area contributed by atoms with Crippen molar-refractivity contribution in [3.63, 3.8) is 0 Å². The first-order valence-electron chi connectivity index (χ1n) is 3.96. The van der Waals surface area contributed by atoms with Gasteiger partial charge in [0.2, 0.25) is 0 Å². The van der Waals surface area contributed by atoms with Crippen LogP contribution in [0.3, 0.4) is 0 Å². The smallest absolute Gasteiger partial charge is 0.268 e. The van der Waals surface area contributed by atoms with E-state index in [0.29, 0.717) is 6.61 Å². The molecular weight excluding hydrogens is 164 g/mol. The molecule has 3 nitrogen and oxygen atoms in total. The number of rotatable bonds is 3. The Morgan fingerprint density at radius 3 is 2.55 bits per heavy atom. The lowest BCUT2D eigenvalue weighted by Gasteiger charge is -2.30. The van der Waals surface area contributed by atoms with Crippen molar-refractivity contribution in [1.82, 2.24) is 0 Å². The normalized spacial score (nSPS) is 30.9. The van der Waals surface area contributed by atoms with Crippen LogP contribution < -0.4 is 0 Å². The summed E-state index contributed by atoms with van der Waals surface area (Å²) in [4.78, 5) is 0. The molecule has 0 saturated carbocycles. The third-order valence-corrected chi connectivity index (χ3v) is 3.95. The summed E-state index contributed by atoms with van der Waals surface area (Å²) < 4.78 is 26.3. The van der Waals surface area contributed by atoms with E-state index in [1.165, 1.54) is 0 Å². The zero-order valence-corrected chi connectivity index (χ0v) is 7.73. The van der Waals surface area contributed by atoms with Gasteiger partial charge in [0.25, 0.3) is 10.1 Å². The molecule has 11 heavy (non-hydrogen) atoms. The van der Waals surface area contributed by atoms with Gasteiger partial charge in [-0.25, -0.2) is 0 Å². The quantitative estimate of drug-likeness (QED) is 0.609. The van der Waals surface area contributed by atoms with Gasteiger partial charge in [-0.15, -0.1) is 0 Å². The summed E-state index contributed by atoms with van der Waals surface area (Å²) in [5.74, 6) is 0.249. The molecule has 1 rings (SSSR count). The minimum atomic E-state index is -3.14. The summed E-state index contributed by atoms with van der Waals surface area (Å²) in [7, 11) is -3.14. The summed E-state index contributed by atoms with van der Waals surface area (Å²) >= 11 is 0. The Hall–Kier alpha value is -0.0900. The van der Waals surface area contributed by atoms with Gasteiger partial charge in [-0.2, -0.15) is 8.42 Å². The molecule has 2 atom stereocenters. The fourth-order valence-electron chi connectivity index (χ4n) is 1.35. The molecule has 66 valence electrons. The highest BCUT2D eigenvalue weighted by Gasteiger charge is 2.40. The average molecular weight is 178 g/mol. The highest BCUT2D eigenvalue weighted by Crippen LogP contribution is 2.26. The van der Waals surface area contributed by atoms with E-state index in [4.69, 9.17) is 0 Å². The lowest BCUT2D eigenvalue weighted by Crippen LogP contribution is -2.44. The zero-order valence-electron chi connectivity index (χ0n) is 6.91. The van der Waals surface area contributed by atoms with Gasteiger partial charge in [-0.3, -0.25) is 4.18 Å². The first kappa shape index (κ1) is 9.00. The van der Waals surface area contributed by atoms with Gasteiger partial charge < -0.3 is 0 Å². The summed E-state index contributed by atoms with van der Waals surface area (Å²) in [6.07, 6.45) is 2.00. The van der Waals surface area contributed by atoms with Crippen molar-refractivity contribution in [2.75, 3.05) is 6.61 Å². The van der Waals surface area contributed by atoms with Crippen molar-refractivity contribution >= 4 is 10.1 Å². The third kappa shape index (κ3) is 1.73. The molecule has 0 aromatic carbocycles. The van der Waals surface area contributed by atoms with E-state index in [0.717, 1.165) is 12.8 Å². The van der Waals surface area contributed by atoms with E-state index in [-0.39, 0.29) is 11.2 Å². The van der Waals surface area contributed by atoms with Crippen molar-refractivity contribution in [3.8, 4) is 0 Å². The van der Waals surface area contributed by atoms with Gasteiger partial charge >= 0.3 is 0 Å². The van der Waals surface area contributed by atoms with E-state index in [2.05, 4.69) is 11.1 Å². The number of hydrogen-bond donors (Lipinski definition) is 0. The highest BCUT2D eigenvalue weighted by atomic mass is 32.2. The maximum atomic E-state index is 10.9. The van der Waals surface area contributed by atoms with Crippen LogP contribution in [-0.4, -0.2) is 20.3 Å². The molecule has 1 fully saturated rings. The predicted octanol–water partition coefficient (Wildman–Crippen LogP) is 1.15. The van der Waals surface area contributed by atoms with Crippen LogP contribution in [-0.2, 0) is 14.3 Å². The molecule has 0 bridgehead atoms. The van der Waals surface area contributed by atoms with E-state index < -0.39 is 10.1 Å². The first-order chi connectivity index (χ1) is 5.08. The molecule has 1 aliphatic heterocycles. The Morgan fingerprint density at radius 2 is 2.27 bits per heavy atom. The maximum absolute atomic E-state index is 10.9. The standard InChI is InChI=1S/C7H14O3S/c1-3-4-6(2)7-5-10-11(7,8)9/h6-7H,3-5H2,1-2H3. The molecule has 1 saturated heterocycles. The van der Waals surface area contributed by atoms with Crippen LogP contribution in [0.4, 0.5) is 0 Å². The summed E-state index contributed by atoms with van der Waals surface area (Å²) in [5.41, 5.74) is 0. The molecule has 0 aliphatic carbocycles. The van der Waals surface area contributed by atoms with Gasteiger partial charge in [0.1, 0.15) is 5.25 Å². The van der Waals surface area contributed by atoms with Crippen LogP contribution >= 0.6 is 0 Å². The van der Waals surface area contributed by atoms with Crippen molar-refractivity contribution < 1.29 is 12.6 Å². The minimum absolute atomic E-state index is 0.234. The Balaban J connectivity index is 2.49. The fourth-order valence-corrected chi connectivity index (χ4v) is 2.57. The van der Waals surface area contributed by atoms with Gasteiger partial charge in [-0.05, 0) is 12.3 Å². The van der Waals surface area contributed by atoms with Crippen molar-refractivity contribution in [3.05, 3.63) is 0 Å².